The third-order valence-electron chi connectivity index (χ3n) is 4.51. The molecule has 0 saturated heterocycles. The number of carbonyl (C=O) groups is 1. The first-order chi connectivity index (χ1) is 7.51. The minimum absolute atomic E-state index is 0.141. The van der Waals surface area contributed by atoms with E-state index in [2.05, 4.69) is 41.5 Å². The second kappa shape index (κ2) is 4.62. The SMILES string of the molecule is CC(C)(C)[C@@H]1CC(C(=O)O)C[C@H](C(C)(C)C)C1. The van der Waals surface area contributed by atoms with Crippen molar-refractivity contribution in [3.8, 4) is 0 Å². The van der Waals surface area contributed by atoms with Crippen LogP contribution in [0.1, 0.15) is 60.8 Å². The van der Waals surface area contributed by atoms with E-state index in [9.17, 15) is 9.90 Å². The molecule has 0 radical (unpaired) electrons. The third kappa shape index (κ3) is 3.72. The van der Waals surface area contributed by atoms with E-state index in [4.69, 9.17) is 0 Å². The predicted octanol–water partition coefficient (Wildman–Crippen LogP) is 4.20. The lowest BCUT2D eigenvalue weighted by Gasteiger charge is -2.44. The molecule has 0 amide bonds. The van der Waals surface area contributed by atoms with Crippen molar-refractivity contribution in [2.24, 2.45) is 28.6 Å². The van der Waals surface area contributed by atoms with Gasteiger partial charge in [0.25, 0.3) is 0 Å². The molecule has 1 N–H and O–H groups in total. The zero-order valence-corrected chi connectivity index (χ0v) is 12.2. The lowest BCUT2D eigenvalue weighted by atomic mass is 9.60. The van der Waals surface area contributed by atoms with Crippen molar-refractivity contribution in [2.75, 3.05) is 0 Å². The van der Waals surface area contributed by atoms with Crippen LogP contribution in [0.2, 0.25) is 0 Å². The summed E-state index contributed by atoms with van der Waals surface area (Å²) >= 11 is 0. The molecular formula is C15H28O2. The molecule has 1 unspecified atom stereocenters. The highest BCUT2D eigenvalue weighted by atomic mass is 16.4. The molecule has 0 bridgehead atoms. The van der Waals surface area contributed by atoms with Gasteiger partial charge in [-0.3, -0.25) is 4.79 Å². The normalized spacial score (nSPS) is 31.3. The first-order valence-corrected chi connectivity index (χ1v) is 6.74. The third-order valence-corrected chi connectivity index (χ3v) is 4.51. The quantitative estimate of drug-likeness (QED) is 0.746. The Labute approximate surface area is 106 Å². The molecule has 0 aromatic heterocycles. The van der Waals surface area contributed by atoms with Gasteiger partial charge in [0.05, 0.1) is 5.92 Å². The van der Waals surface area contributed by atoms with Crippen LogP contribution < -0.4 is 0 Å². The molecule has 0 aromatic carbocycles. The number of carboxylic acids is 1. The van der Waals surface area contributed by atoms with Crippen molar-refractivity contribution in [1.29, 1.82) is 0 Å². The van der Waals surface area contributed by atoms with Crippen LogP contribution in [0, 0.1) is 28.6 Å². The predicted molar refractivity (Wildman–Crippen MR) is 70.9 cm³/mol. The maximum Gasteiger partial charge on any atom is 0.306 e. The molecule has 2 heteroatoms. The molecule has 1 aliphatic carbocycles. The Balaban J connectivity index is 2.88. The fraction of sp³-hybridized carbons (Fsp3) is 0.933. The average Bonchev–Trinajstić information content (AvgIpc) is 2.14. The van der Waals surface area contributed by atoms with Crippen molar-refractivity contribution in [3.63, 3.8) is 0 Å². The van der Waals surface area contributed by atoms with E-state index in [0.29, 0.717) is 11.8 Å². The fourth-order valence-electron chi connectivity index (χ4n) is 2.93. The molecule has 0 heterocycles. The van der Waals surface area contributed by atoms with Crippen LogP contribution >= 0.6 is 0 Å². The van der Waals surface area contributed by atoms with Crippen molar-refractivity contribution in [1.82, 2.24) is 0 Å². The molecule has 0 aliphatic heterocycles. The first-order valence-electron chi connectivity index (χ1n) is 6.74. The van der Waals surface area contributed by atoms with Crippen molar-refractivity contribution in [3.05, 3.63) is 0 Å². The van der Waals surface area contributed by atoms with Crippen molar-refractivity contribution in [2.45, 2.75) is 60.8 Å². The summed E-state index contributed by atoms with van der Waals surface area (Å²) in [5, 5.41) is 9.31. The largest absolute Gasteiger partial charge is 0.481 e. The van der Waals surface area contributed by atoms with Crippen LogP contribution in [-0.2, 0) is 4.79 Å². The highest BCUT2D eigenvalue weighted by Gasteiger charge is 2.41. The second-order valence-corrected chi connectivity index (χ2v) is 7.87. The summed E-state index contributed by atoms with van der Waals surface area (Å²) in [7, 11) is 0. The average molecular weight is 240 g/mol. The summed E-state index contributed by atoms with van der Waals surface area (Å²) in [5.74, 6) is 0.313. The number of rotatable bonds is 1. The fourth-order valence-corrected chi connectivity index (χ4v) is 2.93. The van der Waals surface area contributed by atoms with E-state index < -0.39 is 5.97 Å². The van der Waals surface area contributed by atoms with Gasteiger partial charge >= 0.3 is 5.97 Å². The van der Waals surface area contributed by atoms with Crippen LogP contribution in [0.4, 0.5) is 0 Å². The van der Waals surface area contributed by atoms with Crippen LogP contribution in [0.5, 0.6) is 0 Å². The van der Waals surface area contributed by atoms with E-state index in [1.807, 2.05) is 0 Å². The zero-order valence-electron chi connectivity index (χ0n) is 12.2. The highest BCUT2D eigenvalue weighted by molar-refractivity contribution is 5.70. The van der Waals surface area contributed by atoms with E-state index in [0.717, 1.165) is 12.8 Å². The van der Waals surface area contributed by atoms with E-state index in [1.54, 1.807) is 0 Å². The molecule has 2 nitrogen and oxygen atoms in total. The molecule has 0 aromatic rings. The van der Waals surface area contributed by atoms with Crippen LogP contribution in [-0.4, -0.2) is 11.1 Å². The molecule has 1 aliphatic rings. The van der Waals surface area contributed by atoms with Crippen molar-refractivity contribution < 1.29 is 9.90 Å². The van der Waals surface area contributed by atoms with Gasteiger partial charge in [-0.25, -0.2) is 0 Å². The first kappa shape index (κ1) is 14.5. The maximum atomic E-state index is 11.3. The summed E-state index contributed by atoms with van der Waals surface area (Å²) in [4.78, 5) is 11.3. The van der Waals surface area contributed by atoms with E-state index in [1.165, 1.54) is 6.42 Å². The summed E-state index contributed by atoms with van der Waals surface area (Å²) in [5.41, 5.74) is 0.440. The summed E-state index contributed by atoms with van der Waals surface area (Å²) in [6, 6.07) is 0. The lowest BCUT2D eigenvalue weighted by Crippen LogP contribution is -2.38. The Bertz CT molecular complexity index is 258. The van der Waals surface area contributed by atoms with Crippen LogP contribution in [0.3, 0.4) is 0 Å². The minimum Gasteiger partial charge on any atom is -0.481 e. The zero-order chi connectivity index (χ0) is 13.4. The summed E-state index contributed by atoms with van der Waals surface area (Å²) < 4.78 is 0. The van der Waals surface area contributed by atoms with Gasteiger partial charge in [-0.05, 0) is 41.9 Å². The van der Waals surface area contributed by atoms with Gasteiger partial charge in [-0.2, -0.15) is 0 Å². The molecular weight excluding hydrogens is 212 g/mol. The topological polar surface area (TPSA) is 37.3 Å². The molecule has 17 heavy (non-hydrogen) atoms. The summed E-state index contributed by atoms with van der Waals surface area (Å²) in [6.07, 6.45) is 2.88. The Morgan fingerprint density at radius 3 is 1.47 bits per heavy atom. The maximum absolute atomic E-state index is 11.3. The van der Waals surface area contributed by atoms with Gasteiger partial charge in [0.15, 0.2) is 0 Å². The Morgan fingerprint density at radius 1 is 0.882 bits per heavy atom. The molecule has 1 fully saturated rings. The second-order valence-electron chi connectivity index (χ2n) is 7.87. The summed E-state index contributed by atoms with van der Waals surface area (Å²) in [6.45, 7) is 13.4. The number of hydrogen-bond acceptors (Lipinski definition) is 1. The number of aliphatic carboxylic acids is 1. The number of carboxylic acid groups (broad SMARTS) is 1. The lowest BCUT2D eigenvalue weighted by molar-refractivity contribution is -0.145. The smallest absolute Gasteiger partial charge is 0.306 e. The van der Waals surface area contributed by atoms with E-state index >= 15 is 0 Å². The molecule has 1 rings (SSSR count). The monoisotopic (exact) mass is 240 g/mol. The number of hydrogen-bond donors (Lipinski definition) is 1. The Kier molecular flexibility index (Phi) is 3.95. The standard InChI is InChI=1S/C15H28O2/c1-14(2,3)11-7-10(13(16)17)8-12(9-11)15(4,5)6/h10-12H,7-9H2,1-6H3,(H,16,17)/t10?,11-,12+. The molecule has 0 spiro atoms. The van der Waals surface area contributed by atoms with E-state index in [-0.39, 0.29) is 16.7 Å². The van der Waals surface area contributed by atoms with Crippen molar-refractivity contribution >= 4 is 5.97 Å². The highest BCUT2D eigenvalue weighted by Crippen LogP contribution is 2.48. The van der Waals surface area contributed by atoms with Gasteiger partial charge in [0.1, 0.15) is 0 Å². The van der Waals surface area contributed by atoms with Crippen LogP contribution in [0.25, 0.3) is 0 Å². The molecule has 3 atom stereocenters. The van der Waals surface area contributed by atoms with Crippen LogP contribution in [0.15, 0.2) is 0 Å². The Morgan fingerprint density at radius 2 is 1.24 bits per heavy atom. The molecule has 1 saturated carbocycles. The molecule has 100 valence electrons. The Hall–Kier alpha value is -0.530. The minimum atomic E-state index is -0.604. The van der Waals surface area contributed by atoms with Gasteiger partial charge in [0.2, 0.25) is 0 Å². The van der Waals surface area contributed by atoms with Gasteiger partial charge in [0, 0.05) is 0 Å². The van der Waals surface area contributed by atoms with Gasteiger partial charge in [-0.15, -0.1) is 0 Å². The van der Waals surface area contributed by atoms with Gasteiger partial charge < -0.3 is 5.11 Å². The van der Waals surface area contributed by atoms with Gasteiger partial charge in [-0.1, -0.05) is 41.5 Å².